The number of thiophene rings is 1. The van der Waals surface area contributed by atoms with Gasteiger partial charge in [-0.05, 0) is 34.4 Å². The van der Waals surface area contributed by atoms with Crippen LogP contribution in [-0.4, -0.2) is 20.6 Å². The van der Waals surface area contributed by atoms with E-state index in [1.165, 1.54) is 0 Å². The summed E-state index contributed by atoms with van der Waals surface area (Å²) in [5.41, 5.74) is 0.987. The van der Waals surface area contributed by atoms with Crippen LogP contribution in [0.3, 0.4) is 0 Å². The highest BCUT2D eigenvalue weighted by molar-refractivity contribution is 7.13. The Morgan fingerprint density at radius 2 is 2.45 bits per heavy atom. The molecular formula is C6H5N4S. The minimum absolute atomic E-state index is 0.699. The van der Waals surface area contributed by atoms with Crippen molar-refractivity contribution in [1.82, 2.24) is 20.6 Å². The summed E-state index contributed by atoms with van der Waals surface area (Å²) in [6.45, 7) is 3.78. The Balaban J connectivity index is 2.45. The van der Waals surface area contributed by atoms with Gasteiger partial charge in [0.05, 0.1) is 4.88 Å². The molecule has 1 radical (unpaired) electrons. The fourth-order valence-electron chi connectivity index (χ4n) is 0.763. The molecule has 2 aromatic heterocycles. The summed E-state index contributed by atoms with van der Waals surface area (Å²) in [4.78, 5) is 1.01. The van der Waals surface area contributed by atoms with Crippen molar-refractivity contribution < 1.29 is 0 Å². The molecule has 0 aliphatic carbocycles. The Bertz CT molecular complexity index is 337. The average molecular weight is 165 g/mol. The van der Waals surface area contributed by atoms with Crippen molar-refractivity contribution in [2.24, 2.45) is 0 Å². The largest absolute Gasteiger partial charge is 0.238 e. The lowest BCUT2D eigenvalue weighted by molar-refractivity contribution is 0.881. The molecule has 2 aromatic rings. The third kappa shape index (κ3) is 1.14. The first-order valence-corrected chi connectivity index (χ1v) is 3.89. The number of hydrogen-bond acceptors (Lipinski definition) is 4. The van der Waals surface area contributed by atoms with Gasteiger partial charge in [0.1, 0.15) is 0 Å². The van der Waals surface area contributed by atoms with Crippen LogP contribution in [0, 0.1) is 6.92 Å². The molecule has 0 fully saturated rings. The molecule has 1 N–H and O–H groups in total. The van der Waals surface area contributed by atoms with Crippen LogP contribution >= 0.6 is 11.3 Å². The van der Waals surface area contributed by atoms with E-state index in [0.717, 1.165) is 10.4 Å². The maximum absolute atomic E-state index is 3.78. The molecule has 0 aromatic carbocycles. The van der Waals surface area contributed by atoms with E-state index in [9.17, 15) is 0 Å². The molecule has 0 aliphatic heterocycles. The number of aromatic amines is 1. The molecule has 4 nitrogen and oxygen atoms in total. The zero-order chi connectivity index (χ0) is 7.68. The van der Waals surface area contributed by atoms with Gasteiger partial charge in [0.25, 0.3) is 0 Å². The maximum atomic E-state index is 3.78. The Labute approximate surface area is 67.3 Å². The predicted molar refractivity (Wildman–Crippen MR) is 41.9 cm³/mol. The first-order chi connectivity index (χ1) is 5.36. The lowest BCUT2D eigenvalue weighted by atomic mass is 10.3. The van der Waals surface area contributed by atoms with Crippen LogP contribution < -0.4 is 0 Å². The lowest BCUT2D eigenvalue weighted by Crippen LogP contribution is -1.73. The van der Waals surface area contributed by atoms with Crippen LogP contribution in [0.4, 0.5) is 0 Å². The van der Waals surface area contributed by atoms with Crippen LogP contribution in [0.25, 0.3) is 10.7 Å². The van der Waals surface area contributed by atoms with Crippen LogP contribution in [-0.2, 0) is 0 Å². The van der Waals surface area contributed by atoms with Crippen molar-refractivity contribution in [3.8, 4) is 10.7 Å². The van der Waals surface area contributed by atoms with E-state index in [2.05, 4.69) is 27.5 Å². The smallest absolute Gasteiger partial charge is 0.189 e. The molecule has 0 bridgehead atoms. The molecule has 0 aliphatic rings. The van der Waals surface area contributed by atoms with Gasteiger partial charge >= 0.3 is 0 Å². The SMILES string of the molecule is [CH2]c1csc(-c2nnn[nH]2)c1. The van der Waals surface area contributed by atoms with Gasteiger partial charge in [0.15, 0.2) is 5.82 Å². The van der Waals surface area contributed by atoms with Crippen LogP contribution in [0.5, 0.6) is 0 Å². The second-order valence-corrected chi connectivity index (χ2v) is 2.98. The second-order valence-electron chi connectivity index (χ2n) is 2.07. The van der Waals surface area contributed by atoms with Gasteiger partial charge in [-0.1, -0.05) is 0 Å². The highest BCUT2D eigenvalue weighted by Gasteiger charge is 2.02. The Morgan fingerprint density at radius 1 is 1.55 bits per heavy atom. The van der Waals surface area contributed by atoms with Gasteiger partial charge in [0, 0.05) is 0 Å². The summed E-state index contributed by atoms with van der Waals surface area (Å²) in [6.07, 6.45) is 0. The third-order valence-corrected chi connectivity index (χ3v) is 2.22. The van der Waals surface area contributed by atoms with E-state index in [4.69, 9.17) is 0 Å². The molecule has 55 valence electrons. The van der Waals surface area contributed by atoms with E-state index in [-0.39, 0.29) is 0 Å². The zero-order valence-corrected chi connectivity index (χ0v) is 6.43. The number of hydrogen-bond donors (Lipinski definition) is 1. The zero-order valence-electron chi connectivity index (χ0n) is 5.61. The number of aromatic nitrogens is 4. The van der Waals surface area contributed by atoms with E-state index in [1.807, 2.05) is 11.4 Å². The van der Waals surface area contributed by atoms with Gasteiger partial charge in [-0.3, -0.25) is 0 Å². The Morgan fingerprint density at radius 3 is 3.00 bits per heavy atom. The first-order valence-electron chi connectivity index (χ1n) is 3.01. The topological polar surface area (TPSA) is 54.5 Å². The molecule has 2 rings (SSSR count). The molecule has 0 atom stereocenters. The number of tetrazole rings is 1. The Hall–Kier alpha value is -1.23. The quantitative estimate of drug-likeness (QED) is 0.688. The molecule has 5 heteroatoms. The minimum Gasteiger partial charge on any atom is -0.238 e. The van der Waals surface area contributed by atoms with E-state index in [0.29, 0.717) is 5.82 Å². The van der Waals surface area contributed by atoms with Gasteiger partial charge in [-0.15, -0.1) is 16.4 Å². The highest BCUT2D eigenvalue weighted by Crippen LogP contribution is 2.22. The van der Waals surface area contributed by atoms with Crippen molar-refractivity contribution >= 4 is 11.3 Å². The summed E-state index contributed by atoms with van der Waals surface area (Å²) < 4.78 is 0. The monoisotopic (exact) mass is 165 g/mol. The molecular weight excluding hydrogens is 160 g/mol. The second kappa shape index (κ2) is 2.43. The van der Waals surface area contributed by atoms with Crippen LogP contribution in [0.1, 0.15) is 5.56 Å². The molecule has 0 saturated carbocycles. The van der Waals surface area contributed by atoms with Crippen molar-refractivity contribution in [3.63, 3.8) is 0 Å². The predicted octanol–water partition coefficient (Wildman–Crippen LogP) is 1.11. The summed E-state index contributed by atoms with van der Waals surface area (Å²) in [7, 11) is 0. The summed E-state index contributed by atoms with van der Waals surface area (Å²) >= 11 is 1.57. The minimum atomic E-state index is 0.699. The summed E-state index contributed by atoms with van der Waals surface area (Å²) in [5.74, 6) is 0.699. The molecule has 11 heavy (non-hydrogen) atoms. The third-order valence-electron chi connectivity index (χ3n) is 1.23. The molecule has 2 heterocycles. The number of nitrogens with one attached hydrogen (secondary N) is 1. The van der Waals surface area contributed by atoms with E-state index < -0.39 is 0 Å². The van der Waals surface area contributed by atoms with Crippen molar-refractivity contribution in [3.05, 3.63) is 23.9 Å². The van der Waals surface area contributed by atoms with Crippen molar-refractivity contribution in [2.45, 2.75) is 0 Å². The Kier molecular flexibility index (Phi) is 1.43. The van der Waals surface area contributed by atoms with Crippen LogP contribution in [0.2, 0.25) is 0 Å². The van der Waals surface area contributed by atoms with Crippen molar-refractivity contribution in [1.29, 1.82) is 0 Å². The van der Waals surface area contributed by atoms with Gasteiger partial charge in [-0.25, -0.2) is 5.10 Å². The molecule has 0 spiro atoms. The van der Waals surface area contributed by atoms with Gasteiger partial charge in [-0.2, -0.15) is 0 Å². The van der Waals surface area contributed by atoms with Gasteiger partial charge < -0.3 is 0 Å². The average Bonchev–Trinajstić information content (AvgIpc) is 2.55. The first kappa shape index (κ1) is 6.48. The lowest BCUT2D eigenvalue weighted by Gasteiger charge is -1.82. The van der Waals surface area contributed by atoms with E-state index in [1.54, 1.807) is 11.3 Å². The summed E-state index contributed by atoms with van der Waals surface area (Å²) in [5, 5.41) is 15.3. The molecule has 0 amide bonds. The number of nitrogens with zero attached hydrogens (tertiary/aromatic N) is 3. The van der Waals surface area contributed by atoms with Crippen LogP contribution in [0.15, 0.2) is 11.4 Å². The molecule has 0 unspecified atom stereocenters. The normalized spacial score (nSPS) is 10.3. The van der Waals surface area contributed by atoms with Gasteiger partial charge in [0.2, 0.25) is 0 Å². The standard InChI is InChI=1S/C6H5N4S/c1-4-2-5(11-3-4)6-7-9-10-8-6/h2-3H,1H2,(H,7,8,9,10). The van der Waals surface area contributed by atoms with E-state index >= 15 is 0 Å². The highest BCUT2D eigenvalue weighted by atomic mass is 32.1. The fraction of sp³-hybridized carbons (Fsp3) is 0. The fourth-order valence-corrected chi connectivity index (χ4v) is 1.53. The summed E-state index contributed by atoms with van der Waals surface area (Å²) in [6, 6.07) is 1.94. The van der Waals surface area contributed by atoms with Crippen molar-refractivity contribution in [2.75, 3.05) is 0 Å². The maximum Gasteiger partial charge on any atom is 0.189 e. The molecule has 0 saturated heterocycles. The number of H-pyrrole nitrogens is 1. The number of rotatable bonds is 1.